The van der Waals surface area contributed by atoms with Crippen molar-refractivity contribution in [3.8, 4) is 5.75 Å². The summed E-state index contributed by atoms with van der Waals surface area (Å²) >= 11 is 4.67. The molecule has 0 aromatic heterocycles. The lowest BCUT2D eigenvalue weighted by Gasteiger charge is -2.12. The molecular formula is C18H17BrO4S. The molecule has 0 aliphatic rings. The fourth-order valence-electron chi connectivity index (χ4n) is 1.95. The molecule has 1 atom stereocenters. The molecule has 0 unspecified atom stereocenters. The molecule has 0 saturated heterocycles. The van der Waals surface area contributed by atoms with Gasteiger partial charge in [-0.05, 0) is 43.3 Å². The summed E-state index contributed by atoms with van der Waals surface area (Å²) in [6, 6.07) is 14.3. The summed E-state index contributed by atoms with van der Waals surface area (Å²) in [5, 5.41) is 0. The van der Waals surface area contributed by atoms with E-state index in [4.69, 9.17) is 9.47 Å². The molecule has 2 rings (SSSR count). The maximum atomic E-state index is 12.2. The van der Waals surface area contributed by atoms with Gasteiger partial charge in [0.05, 0.1) is 12.9 Å². The first-order valence-corrected chi connectivity index (χ1v) is 9.03. The smallest absolute Gasteiger partial charge is 0.316 e. The van der Waals surface area contributed by atoms with Crippen LogP contribution in [0.3, 0.4) is 0 Å². The van der Waals surface area contributed by atoms with E-state index in [-0.39, 0.29) is 11.5 Å². The summed E-state index contributed by atoms with van der Waals surface area (Å²) in [7, 11) is 1.60. The number of Topliss-reactive ketones (excluding diaryl/α,β-unsaturated/α-hetero) is 1. The van der Waals surface area contributed by atoms with Gasteiger partial charge in [0.25, 0.3) is 0 Å². The number of rotatable bonds is 7. The summed E-state index contributed by atoms with van der Waals surface area (Å²) in [4.78, 5) is 25.1. The molecule has 0 N–H and O–H groups in total. The Balaban J connectivity index is 1.84. The number of esters is 1. The maximum absolute atomic E-state index is 12.2. The summed E-state index contributed by atoms with van der Waals surface area (Å²) in [5.41, 5.74) is 0.515. The largest absolute Gasteiger partial charge is 0.497 e. The molecule has 24 heavy (non-hydrogen) atoms. The van der Waals surface area contributed by atoms with Crippen LogP contribution in [0.15, 0.2) is 57.9 Å². The van der Waals surface area contributed by atoms with E-state index in [1.807, 2.05) is 24.3 Å². The van der Waals surface area contributed by atoms with Crippen LogP contribution in [0.1, 0.15) is 17.3 Å². The maximum Gasteiger partial charge on any atom is 0.316 e. The zero-order valence-electron chi connectivity index (χ0n) is 13.3. The van der Waals surface area contributed by atoms with Crippen molar-refractivity contribution in [2.45, 2.75) is 17.9 Å². The third kappa shape index (κ3) is 5.39. The SMILES string of the molecule is COc1ccc(SCC(=O)O[C@H](C)C(=O)c2ccc(Br)cc2)cc1. The van der Waals surface area contributed by atoms with Crippen LogP contribution in [-0.4, -0.2) is 30.7 Å². The van der Waals surface area contributed by atoms with E-state index in [0.717, 1.165) is 15.1 Å². The van der Waals surface area contributed by atoms with Crippen LogP contribution in [0.5, 0.6) is 5.75 Å². The Kier molecular flexibility index (Phi) is 6.87. The predicted molar refractivity (Wildman–Crippen MR) is 97.7 cm³/mol. The summed E-state index contributed by atoms with van der Waals surface area (Å²) < 4.78 is 11.2. The minimum atomic E-state index is -0.810. The zero-order chi connectivity index (χ0) is 17.5. The molecule has 0 aliphatic carbocycles. The van der Waals surface area contributed by atoms with Crippen LogP contribution in [0.25, 0.3) is 0 Å². The standard InChI is InChI=1S/C18H17BrO4S/c1-12(18(21)13-3-5-14(19)6-4-13)23-17(20)11-24-16-9-7-15(22-2)8-10-16/h3-10,12H,11H2,1-2H3/t12-/m1/s1. The molecule has 2 aromatic carbocycles. The molecule has 126 valence electrons. The quantitative estimate of drug-likeness (QED) is 0.386. The van der Waals surface area contributed by atoms with Crippen molar-refractivity contribution in [2.75, 3.05) is 12.9 Å². The Morgan fingerprint density at radius 2 is 1.71 bits per heavy atom. The van der Waals surface area contributed by atoms with E-state index in [1.54, 1.807) is 38.3 Å². The van der Waals surface area contributed by atoms with Crippen LogP contribution in [0.4, 0.5) is 0 Å². The Labute approximate surface area is 153 Å². The second-order valence-electron chi connectivity index (χ2n) is 4.97. The van der Waals surface area contributed by atoms with Gasteiger partial charge in [0.15, 0.2) is 6.10 Å². The predicted octanol–water partition coefficient (Wildman–Crippen LogP) is 4.36. The van der Waals surface area contributed by atoms with E-state index in [1.165, 1.54) is 11.8 Å². The van der Waals surface area contributed by atoms with Crippen molar-refractivity contribution in [1.29, 1.82) is 0 Å². The molecule has 0 heterocycles. The van der Waals surface area contributed by atoms with Crippen molar-refractivity contribution in [1.82, 2.24) is 0 Å². The number of carbonyl (C=O) groups is 2. The van der Waals surface area contributed by atoms with Crippen LogP contribution in [0.2, 0.25) is 0 Å². The molecule has 0 bridgehead atoms. The lowest BCUT2D eigenvalue weighted by atomic mass is 10.1. The Morgan fingerprint density at radius 1 is 1.08 bits per heavy atom. The second kappa shape index (κ2) is 8.89. The van der Waals surface area contributed by atoms with Crippen molar-refractivity contribution < 1.29 is 19.1 Å². The molecule has 2 aromatic rings. The number of methoxy groups -OCH3 is 1. The molecule has 0 saturated carbocycles. The lowest BCUT2D eigenvalue weighted by Crippen LogP contribution is -2.25. The first-order chi connectivity index (χ1) is 11.5. The van der Waals surface area contributed by atoms with Crippen LogP contribution in [-0.2, 0) is 9.53 Å². The first kappa shape index (κ1) is 18.5. The Hall–Kier alpha value is -1.79. The fourth-order valence-corrected chi connectivity index (χ4v) is 2.89. The molecule has 0 radical (unpaired) electrons. The molecule has 6 heteroatoms. The number of hydrogen-bond acceptors (Lipinski definition) is 5. The number of ether oxygens (including phenoxy) is 2. The topological polar surface area (TPSA) is 52.6 Å². The lowest BCUT2D eigenvalue weighted by molar-refractivity contribution is -0.143. The van der Waals surface area contributed by atoms with Gasteiger partial charge in [0.1, 0.15) is 5.75 Å². The molecule has 0 fully saturated rings. The van der Waals surface area contributed by atoms with Crippen molar-refractivity contribution in [3.05, 3.63) is 58.6 Å². The van der Waals surface area contributed by atoms with Crippen molar-refractivity contribution in [3.63, 3.8) is 0 Å². The fraction of sp³-hybridized carbons (Fsp3) is 0.222. The normalized spacial score (nSPS) is 11.6. The molecule has 0 spiro atoms. The highest BCUT2D eigenvalue weighted by molar-refractivity contribution is 9.10. The van der Waals surface area contributed by atoms with Gasteiger partial charge < -0.3 is 9.47 Å². The van der Waals surface area contributed by atoms with Gasteiger partial charge in [-0.1, -0.05) is 28.1 Å². The zero-order valence-corrected chi connectivity index (χ0v) is 15.7. The van der Waals surface area contributed by atoms with Gasteiger partial charge in [0.2, 0.25) is 5.78 Å². The summed E-state index contributed by atoms with van der Waals surface area (Å²) in [6.07, 6.45) is -0.810. The summed E-state index contributed by atoms with van der Waals surface area (Å²) in [5.74, 6) is 0.263. The highest BCUT2D eigenvalue weighted by Crippen LogP contribution is 2.21. The molecular weight excluding hydrogens is 392 g/mol. The van der Waals surface area contributed by atoms with Crippen LogP contribution < -0.4 is 4.74 Å². The number of benzene rings is 2. The van der Waals surface area contributed by atoms with Gasteiger partial charge in [-0.2, -0.15) is 0 Å². The minimum absolute atomic E-state index is 0.143. The van der Waals surface area contributed by atoms with Crippen LogP contribution in [0, 0.1) is 0 Å². The van der Waals surface area contributed by atoms with Crippen molar-refractivity contribution in [2.24, 2.45) is 0 Å². The third-order valence-corrected chi connectivity index (χ3v) is 4.74. The number of carbonyl (C=O) groups excluding carboxylic acids is 2. The Morgan fingerprint density at radius 3 is 2.29 bits per heavy atom. The summed E-state index contributed by atoms with van der Waals surface area (Å²) in [6.45, 7) is 1.58. The highest BCUT2D eigenvalue weighted by Gasteiger charge is 2.19. The van der Waals surface area contributed by atoms with Gasteiger partial charge >= 0.3 is 5.97 Å². The van der Waals surface area contributed by atoms with Gasteiger partial charge in [-0.25, -0.2) is 0 Å². The average molecular weight is 409 g/mol. The molecule has 0 aliphatic heterocycles. The van der Waals surface area contributed by atoms with E-state index < -0.39 is 12.1 Å². The van der Waals surface area contributed by atoms with E-state index in [0.29, 0.717) is 5.56 Å². The number of ketones is 1. The second-order valence-corrected chi connectivity index (χ2v) is 6.93. The third-order valence-electron chi connectivity index (χ3n) is 3.22. The van der Waals surface area contributed by atoms with E-state index in [2.05, 4.69) is 15.9 Å². The number of hydrogen-bond donors (Lipinski definition) is 0. The number of halogens is 1. The van der Waals surface area contributed by atoms with E-state index >= 15 is 0 Å². The van der Waals surface area contributed by atoms with Crippen molar-refractivity contribution >= 4 is 39.4 Å². The number of thioether (sulfide) groups is 1. The molecule has 0 amide bonds. The first-order valence-electron chi connectivity index (χ1n) is 7.25. The van der Waals surface area contributed by atoms with Gasteiger partial charge in [-0.3, -0.25) is 9.59 Å². The van der Waals surface area contributed by atoms with Gasteiger partial charge in [0, 0.05) is 14.9 Å². The minimum Gasteiger partial charge on any atom is -0.497 e. The van der Waals surface area contributed by atoms with Crippen LogP contribution >= 0.6 is 27.7 Å². The van der Waals surface area contributed by atoms with Gasteiger partial charge in [-0.15, -0.1) is 11.8 Å². The highest BCUT2D eigenvalue weighted by atomic mass is 79.9. The molecule has 4 nitrogen and oxygen atoms in total. The Bertz CT molecular complexity index is 698. The monoisotopic (exact) mass is 408 g/mol. The van der Waals surface area contributed by atoms with E-state index in [9.17, 15) is 9.59 Å². The average Bonchev–Trinajstić information content (AvgIpc) is 2.60.